The van der Waals surface area contributed by atoms with E-state index in [0.717, 1.165) is 18.9 Å². The number of ether oxygens (including phenoxy) is 2. The Hall–Kier alpha value is -1.06. The maximum Gasteiger partial charge on any atom is 0.119 e. The van der Waals surface area contributed by atoms with Crippen LogP contribution in [0.15, 0.2) is 18.2 Å². The van der Waals surface area contributed by atoms with E-state index in [2.05, 4.69) is 30.4 Å². The van der Waals surface area contributed by atoms with Crippen molar-refractivity contribution < 1.29 is 9.47 Å². The first kappa shape index (κ1) is 12.0. The standard InChI is InChI=1S/C15H21NO2/c1-11-8-16-14(9-17-11)10-18-15-6-5-12-3-2-4-13(12)7-15/h5-7,11,14,16H,2-4,8-10H2,1H3. The van der Waals surface area contributed by atoms with Crippen LogP contribution in [0.3, 0.4) is 0 Å². The molecule has 3 rings (SSSR count). The number of hydrogen-bond donors (Lipinski definition) is 1. The summed E-state index contributed by atoms with van der Waals surface area (Å²) in [4.78, 5) is 0. The molecule has 1 saturated heterocycles. The van der Waals surface area contributed by atoms with Crippen molar-refractivity contribution in [2.45, 2.75) is 38.3 Å². The lowest BCUT2D eigenvalue weighted by atomic mass is 10.1. The monoisotopic (exact) mass is 247 g/mol. The van der Waals surface area contributed by atoms with Gasteiger partial charge in [0.1, 0.15) is 12.4 Å². The predicted molar refractivity (Wildman–Crippen MR) is 71.2 cm³/mol. The van der Waals surface area contributed by atoms with Crippen molar-refractivity contribution in [2.24, 2.45) is 0 Å². The second-order valence-corrected chi connectivity index (χ2v) is 5.34. The van der Waals surface area contributed by atoms with Gasteiger partial charge in [-0.15, -0.1) is 0 Å². The van der Waals surface area contributed by atoms with Gasteiger partial charge >= 0.3 is 0 Å². The molecule has 2 unspecified atom stereocenters. The van der Waals surface area contributed by atoms with E-state index in [1.807, 2.05) is 0 Å². The van der Waals surface area contributed by atoms with Gasteiger partial charge in [0.2, 0.25) is 0 Å². The molecule has 1 aromatic rings. The van der Waals surface area contributed by atoms with Crippen molar-refractivity contribution in [1.82, 2.24) is 5.32 Å². The summed E-state index contributed by atoms with van der Waals surface area (Å²) in [6.07, 6.45) is 4.04. The third-order valence-electron chi connectivity index (χ3n) is 3.80. The van der Waals surface area contributed by atoms with Crippen molar-refractivity contribution >= 4 is 0 Å². The van der Waals surface area contributed by atoms with Gasteiger partial charge in [-0.05, 0) is 49.4 Å². The lowest BCUT2D eigenvalue weighted by Crippen LogP contribution is -2.48. The van der Waals surface area contributed by atoms with Gasteiger partial charge in [0.25, 0.3) is 0 Å². The summed E-state index contributed by atoms with van der Waals surface area (Å²) < 4.78 is 11.5. The molecule has 1 aliphatic carbocycles. The quantitative estimate of drug-likeness (QED) is 0.885. The summed E-state index contributed by atoms with van der Waals surface area (Å²) in [5, 5.41) is 3.44. The van der Waals surface area contributed by atoms with Gasteiger partial charge in [-0.1, -0.05) is 6.07 Å². The Morgan fingerprint density at radius 3 is 3.06 bits per heavy atom. The fourth-order valence-electron chi connectivity index (χ4n) is 2.67. The fraction of sp³-hybridized carbons (Fsp3) is 0.600. The molecule has 0 amide bonds. The average molecular weight is 247 g/mol. The zero-order valence-electron chi connectivity index (χ0n) is 10.9. The maximum absolute atomic E-state index is 5.86. The molecular weight excluding hydrogens is 226 g/mol. The number of hydrogen-bond acceptors (Lipinski definition) is 3. The molecule has 0 radical (unpaired) electrons. The van der Waals surface area contributed by atoms with Crippen LogP contribution in [0.1, 0.15) is 24.5 Å². The van der Waals surface area contributed by atoms with Crippen LogP contribution in [0.4, 0.5) is 0 Å². The second kappa shape index (κ2) is 5.29. The van der Waals surface area contributed by atoms with E-state index in [9.17, 15) is 0 Å². The van der Waals surface area contributed by atoms with Crippen LogP contribution in [0.2, 0.25) is 0 Å². The molecule has 1 aromatic carbocycles. The Morgan fingerprint density at radius 1 is 1.33 bits per heavy atom. The highest BCUT2D eigenvalue weighted by Crippen LogP contribution is 2.26. The van der Waals surface area contributed by atoms with Gasteiger partial charge in [-0.25, -0.2) is 0 Å². The molecule has 1 N–H and O–H groups in total. The lowest BCUT2D eigenvalue weighted by Gasteiger charge is -2.28. The first-order chi connectivity index (χ1) is 8.81. The number of fused-ring (bicyclic) bond motifs is 1. The van der Waals surface area contributed by atoms with Crippen LogP contribution in [-0.4, -0.2) is 31.9 Å². The smallest absolute Gasteiger partial charge is 0.119 e. The molecule has 2 atom stereocenters. The molecule has 3 nitrogen and oxygen atoms in total. The SMILES string of the molecule is CC1CNC(COc2ccc3c(c2)CCC3)CO1. The van der Waals surface area contributed by atoms with E-state index in [1.165, 1.54) is 30.4 Å². The van der Waals surface area contributed by atoms with Crippen LogP contribution < -0.4 is 10.1 Å². The fourth-order valence-corrected chi connectivity index (χ4v) is 2.67. The summed E-state index contributed by atoms with van der Waals surface area (Å²) in [5.41, 5.74) is 2.96. The highest BCUT2D eigenvalue weighted by molar-refractivity contribution is 5.38. The summed E-state index contributed by atoms with van der Waals surface area (Å²) in [6.45, 7) is 4.43. The van der Waals surface area contributed by atoms with Gasteiger partial charge in [-0.3, -0.25) is 0 Å². The Morgan fingerprint density at radius 2 is 2.22 bits per heavy atom. The Labute approximate surface area is 108 Å². The molecule has 98 valence electrons. The van der Waals surface area contributed by atoms with E-state index in [4.69, 9.17) is 9.47 Å². The van der Waals surface area contributed by atoms with Gasteiger partial charge in [0.05, 0.1) is 18.8 Å². The highest BCUT2D eigenvalue weighted by atomic mass is 16.5. The van der Waals surface area contributed by atoms with Crippen molar-refractivity contribution in [2.75, 3.05) is 19.8 Å². The normalized spacial score (nSPS) is 26.9. The van der Waals surface area contributed by atoms with E-state index < -0.39 is 0 Å². The molecule has 1 heterocycles. The molecular formula is C15H21NO2. The zero-order chi connectivity index (χ0) is 12.4. The number of rotatable bonds is 3. The maximum atomic E-state index is 5.86. The third kappa shape index (κ3) is 2.68. The minimum atomic E-state index is 0.314. The number of nitrogens with one attached hydrogen (secondary N) is 1. The second-order valence-electron chi connectivity index (χ2n) is 5.34. The average Bonchev–Trinajstić information content (AvgIpc) is 2.85. The summed E-state index contributed by atoms with van der Waals surface area (Å²) in [5.74, 6) is 0.996. The Bertz CT molecular complexity index is 411. The Balaban J connectivity index is 1.54. The molecule has 0 saturated carbocycles. The molecule has 2 aliphatic rings. The molecule has 3 heteroatoms. The Kier molecular flexibility index (Phi) is 3.52. The number of morpholine rings is 1. The van der Waals surface area contributed by atoms with Crippen molar-refractivity contribution in [1.29, 1.82) is 0 Å². The van der Waals surface area contributed by atoms with Gasteiger partial charge in [0.15, 0.2) is 0 Å². The zero-order valence-corrected chi connectivity index (χ0v) is 10.9. The van der Waals surface area contributed by atoms with E-state index >= 15 is 0 Å². The van der Waals surface area contributed by atoms with Crippen molar-refractivity contribution in [3.05, 3.63) is 29.3 Å². The summed E-state index contributed by atoms with van der Waals surface area (Å²) >= 11 is 0. The van der Waals surface area contributed by atoms with E-state index in [1.54, 1.807) is 0 Å². The predicted octanol–water partition coefficient (Wildman–Crippen LogP) is 1.93. The minimum absolute atomic E-state index is 0.314. The molecule has 0 bridgehead atoms. The minimum Gasteiger partial charge on any atom is -0.492 e. The lowest BCUT2D eigenvalue weighted by molar-refractivity contribution is 0.00456. The number of benzene rings is 1. The van der Waals surface area contributed by atoms with Crippen molar-refractivity contribution in [3.63, 3.8) is 0 Å². The molecule has 0 aromatic heterocycles. The van der Waals surface area contributed by atoms with Crippen LogP contribution in [0, 0.1) is 0 Å². The van der Waals surface area contributed by atoms with Crippen molar-refractivity contribution in [3.8, 4) is 5.75 Å². The van der Waals surface area contributed by atoms with Gasteiger partial charge in [-0.2, -0.15) is 0 Å². The van der Waals surface area contributed by atoms with Crippen LogP contribution in [0.25, 0.3) is 0 Å². The molecule has 1 fully saturated rings. The molecule has 18 heavy (non-hydrogen) atoms. The van der Waals surface area contributed by atoms with Gasteiger partial charge in [0, 0.05) is 6.54 Å². The van der Waals surface area contributed by atoms with E-state index in [0.29, 0.717) is 18.8 Å². The molecule has 0 spiro atoms. The van der Waals surface area contributed by atoms with Gasteiger partial charge < -0.3 is 14.8 Å². The van der Waals surface area contributed by atoms with Crippen LogP contribution >= 0.6 is 0 Å². The highest BCUT2D eigenvalue weighted by Gasteiger charge is 2.18. The van der Waals surface area contributed by atoms with Crippen LogP contribution in [-0.2, 0) is 17.6 Å². The van der Waals surface area contributed by atoms with Crippen LogP contribution in [0.5, 0.6) is 5.75 Å². The number of aryl methyl sites for hydroxylation is 2. The first-order valence-electron chi connectivity index (χ1n) is 6.91. The van der Waals surface area contributed by atoms with E-state index in [-0.39, 0.29) is 0 Å². The summed E-state index contributed by atoms with van der Waals surface area (Å²) in [7, 11) is 0. The summed E-state index contributed by atoms with van der Waals surface area (Å²) in [6, 6.07) is 6.82. The topological polar surface area (TPSA) is 30.5 Å². The largest absolute Gasteiger partial charge is 0.492 e. The third-order valence-corrected chi connectivity index (χ3v) is 3.80. The first-order valence-corrected chi connectivity index (χ1v) is 6.91. The molecule has 1 aliphatic heterocycles.